The zero-order valence-corrected chi connectivity index (χ0v) is 17.1. The minimum atomic E-state index is -0.180. The largest absolute Gasteiger partial charge is 0.493 e. The summed E-state index contributed by atoms with van der Waals surface area (Å²) in [4.78, 5) is 14.9. The number of nitrogens with zero attached hydrogens (tertiary/aromatic N) is 1. The van der Waals surface area contributed by atoms with Crippen LogP contribution < -0.4 is 19.7 Å². The summed E-state index contributed by atoms with van der Waals surface area (Å²) in [7, 11) is 3.13. The molecule has 0 aliphatic carbocycles. The van der Waals surface area contributed by atoms with E-state index in [1.165, 1.54) is 0 Å². The molecule has 0 saturated carbocycles. The molecule has 0 unspecified atom stereocenters. The standard InChI is InChI=1S/C19H23IN2O3/c1-5-22(6-2)14-9-7-13(8-10-14)21-19(23)15-11-17(24-3)18(25-4)12-16(15)20/h7-12H,5-6H2,1-4H3,(H,21,23). The minimum absolute atomic E-state index is 0.180. The van der Waals surface area contributed by atoms with Crippen molar-refractivity contribution in [3.05, 3.63) is 45.5 Å². The molecular weight excluding hydrogens is 431 g/mol. The molecule has 134 valence electrons. The Morgan fingerprint density at radius 2 is 1.60 bits per heavy atom. The van der Waals surface area contributed by atoms with Crippen LogP contribution in [0.15, 0.2) is 36.4 Å². The van der Waals surface area contributed by atoms with E-state index in [-0.39, 0.29) is 5.91 Å². The number of ether oxygens (including phenoxy) is 2. The maximum atomic E-state index is 12.6. The highest BCUT2D eigenvalue weighted by Gasteiger charge is 2.16. The van der Waals surface area contributed by atoms with Crippen LogP contribution in [0.25, 0.3) is 0 Å². The van der Waals surface area contributed by atoms with Gasteiger partial charge in [-0.3, -0.25) is 4.79 Å². The lowest BCUT2D eigenvalue weighted by Crippen LogP contribution is -2.21. The Kier molecular flexibility index (Phi) is 6.92. The van der Waals surface area contributed by atoms with E-state index in [9.17, 15) is 4.79 Å². The number of hydrogen-bond donors (Lipinski definition) is 1. The maximum absolute atomic E-state index is 12.6. The van der Waals surface area contributed by atoms with Crippen molar-refractivity contribution in [2.45, 2.75) is 13.8 Å². The number of rotatable bonds is 7. The van der Waals surface area contributed by atoms with Crippen LogP contribution in [-0.2, 0) is 0 Å². The van der Waals surface area contributed by atoms with Gasteiger partial charge in [-0.15, -0.1) is 0 Å². The van der Waals surface area contributed by atoms with Gasteiger partial charge in [-0.25, -0.2) is 0 Å². The molecular formula is C19H23IN2O3. The quantitative estimate of drug-likeness (QED) is 0.630. The average molecular weight is 454 g/mol. The summed E-state index contributed by atoms with van der Waals surface area (Å²) in [6, 6.07) is 11.3. The normalized spacial score (nSPS) is 10.3. The van der Waals surface area contributed by atoms with Crippen LogP contribution in [0.3, 0.4) is 0 Å². The van der Waals surface area contributed by atoms with E-state index in [1.807, 2.05) is 24.3 Å². The van der Waals surface area contributed by atoms with Crippen molar-refractivity contribution in [3.63, 3.8) is 0 Å². The predicted molar refractivity (Wildman–Crippen MR) is 110 cm³/mol. The van der Waals surface area contributed by atoms with Crippen molar-refractivity contribution in [1.29, 1.82) is 0 Å². The lowest BCUT2D eigenvalue weighted by atomic mass is 10.1. The SMILES string of the molecule is CCN(CC)c1ccc(NC(=O)c2cc(OC)c(OC)cc2I)cc1. The molecule has 0 bridgehead atoms. The van der Waals surface area contributed by atoms with Crippen molar-refractivity contribution in [1.82, 2.24) is 0 Å². The summed E-state index contributed by atoms with van der Waals surface area (Å²) < 4.78 is 11.3. The van der Waals surface area contributed by atoms with Gasteiger partial charge >= 0.3 is 0 Å². The Hall–Kier alpha value is -1.96. The fourth-order valence-electron chi connectivity index (χ4n) is 2.57. The molecule has 1 N–H and O–H groups in total. The smallest absolute Gasteiger partial charge is 0.256 e. The zero-order chi connectivity index (χ0) is 18.4. The van der Waals surface area contributed by atoms with E-state index in [2.05, 4.69) is 46.7 Å². The molecule has 25 heavy (non-hydrogen) atoms. The van der Waals surface area contributed by atoms with Crippen molar-refractivity contribution >= 4 is 39.9 Å². The fourth-order valence-corrected chi connectivity index (χ4v) is 3.25. The summed E-state index contributed by atoms with van der Waals surface area (Å²) >= 11 is 2.12. The third-order valence-electron chi connectivity index (χ3n) is 3.97. The number of benzene rings is 2. The van der Waals surface area contributed by atoms with Crippen LogP contribution in [0.4, 0.5) is 11.4 Å². The van der Waals surface area contributed by atoms with Crippen molar-refractivity contribution in [2.75, 3.05) is 37.5 Å². The second kappa shape index (κ2) is 8.94. The van der Waals surface area contributed by atoms with Crippen LogP contribution in [0.5, 0.6) is 11.5 Å². The highest BCUT2D eigenvalue weighted by Crippen LogP contribution is 2.31. The Balaban J connectivity index is 2.19. The maximum Gasteiger partial charge on any atom is 0.256 e. The number of halogens is 1. The van der Waals surface area contributed by atoms with Gasteiger partial charge in [0.15, 0.2) is 11.5 Å². The summed E-state index contributed by atoms with van der Waals surface area (Å²) in [6.45, 7) is 6.15. The highest BCUT2D eigenvalue weighted by molar-refractivity contribution is 14.1. The molecule has 0 atom stereocenters. The Labute approximate surface area is 162 Å². The number of carbonyl (C=O) groups is 1. The number of amides is 1. The molecule has 0 aliphatic rings. The van der Waals surface area contributed by atoms with Crippen LogP contribution in [0, 0.1) is 3.57 Å². The third kappa shape index (κ3) is 4.56. The monoisotopic (exact) mass is 454 g/mol. The Bertz CT molecular complexity index is 728. The molecule has 0 fully saturated rings. The number of anilines is 2. The van der Waals surface area contributed by atoms with Gasteiger partial charge in [0.1, 0.15) is 0 Å². The molecule has 0 spiro atoms. The van der Waals surface area contributed by atoms with E-state index in [0.717, 1.165) is 28.0 Å². The molecule has 0 saturated heterocycles. The van der Waals surface area contributed by atoms with Gasteiger partial charge in [-0.05, 0) is 72.8 Å². The van der Waals surface area contributed by atoms with Gasteiger partial charge in [0.05, 0.1) is 19.8 Å². The first-order chi connectivity index (χ1) is 12.0. The van der Waals surface area contributed by atoms with E-state index in [1.54, 1.807) is 26.4 Å². The number of nitrogens with one attached hydrogen (secondary N) is 1. The minimum Gasteiger partial charge on any atom is -0.493 e. The van der Waals surface area contributed by atoms with E-state index in [0.29, 0.717) is 17.1 Å². The summed E-state index contributed by atoms with van der Waals surface area (Å²) in [6.07, 6.45) is 0. The van der Waals surface area contributed by atoms with Crippen molar-refractivity contribution < 1.29 is 14.3 Å². The van der Waals surface area contributed by atoms with Gasteiger partial charge in [0, 0.05) is 28.0 Å². The number of carbonyl (C=O) groups excluding carboxylic acids is 1. The Morgan fingerprint density at radius 3 is 2.12 bits per heavy atom. The van der Waals surface area contributed by atoms with Gasteiger partial charge < -0.3 is 19.7 Å². The van der Waals surface area contributed by atoms with Gasteiger partial charge in [0.25, 0.3) is 5.91 Å². The zero-order valence-electron chi connectivity index (χ0n) is 14.9. The van der Waals surface area contributed by atoms with E-state index in [4.69, 9.17) is 9.47 Å². The Morgan fingerprint density at radius 1 is 1.04 bits per heavy atom. The molecule has 0 radical (unpaired) electrons. The lowest BCUT2D eigenvalue weighted by molar-refractivity contribution is 0.102. The topological polar surface area (TPSA) is 50.8 Å². The van der Waals surface area contributed by atoms with Gasteiger partial charge in [-0.1, -0.05) is 0 Å². The van der Waals surface area contributed by atoms with Gasteiger partial charge in [-0.2, -0.15) is 0 Å². The molecule has 2 rings (SSSR count). The molecule has 5 nitrogen and oxygen atoms in total. The molecule has 0 heterocycles. The highest BCUT2D eigenvalue weighted by atomic mass is 127. The second-order valence-corrected chi connectivity index (χ2v) is 6.52. The predicted octanol–water partition coefficient (Wildman–Crippen LogP) is 4.41. The van der Waals surface area contributed by atoms with Crippen molar-refractivity contribution in [2.24, 2.45) is 0 Å². The summed E-state index contributed by atoms with van der Waals surface area (Å²) in [5.41, 5.74) is 2.45. The molecule has 1 amide bonds. The van der Waals surface area contributed by atoms with E-state index < -0.39 is 0 Å². The summed E-state index contributed by atoms with van der Waals surface area (Å²) in [5, 5.41) is 2.93. The molecule has 2 aromatic carbocycles. The van der Waals surface area contributed by atoms with Crippen LogP contribution in [0.1, 0.15) is 24.2 Å². The van der Waals surface area contributed by atoms with Crippen LogP contribution in [0.2, 0.25) is 0 Å². The first-order valence-corrected chi connectivity index (χ1v) is 9.19. The molecule has 2 aromatic rings. The lowest BCUT2D eigenvalue weighted by Gasteiger charge is -2.21. The fraction of sp³-hybridized carbons (Fsp3) is 0.316. The van der Waals surface area contributed by atoms with Crippen LogP contribution in [-0.4, -0.2) is 33.2 Å². The average Bonchev–Trinajstić information content (AvgIpc) is 2.63. The number of methoxy groups -OCH3 is 2. The second-order valence-electron chi connectivity index (χ2n) is 5.36. The molecule has 0 aliphatic heterocycles. The van der Waals surface area contributed by atoms with Crippen molar-refractivity contribution in [3.8, 4) is 11.5 Å². The summed E-state index contributed by atoms with van der Waals surface area (Å²) in [5.74, 6) is 0.956. The molecule has 0 aromatic heterocycles. The number of hydrogen-bond acceptors (Lipinski definition) is 4. The van der Waals surface area contributed by atoms with Gasteiger partial charge in [0.2, 0.25) is 0 Å². The first kappa shape index (κ1) is 19.4. The third-order valence-corrected chi connectivity index (χ3v) is 4.86. The molecule has 6 heteroatoms. The van der Waals surface area contributed by atoms with Crippen LogP contribution >= 0.6 is 22.6 Å². The first-order valence-electron chi connectivity index (χ1n) is 8.11. The van der Waals surface area contributed by atoms with E-state index >= 15 is 0 Å².